The van der Waals surface area contributed by atoms with Gasteiger partial charge in [-0.15, -0.1) is 0 Å². The summed E-state index contributed by atoms with van der Waals surface area (Å²) in [5.74, 6) is 0. The second-order valence-electron chi connectivity index (χ2n) is 2.56. The first kappa shape index (κ1) is 6.35. The van der Waals surface area contributed by atoms with Crippen molar-refractivity contribution in [3.63, 3.8) is 0 Å². The van der Waals surface area contributed by atoms with Crippen molar-refractivity contribution in [2.75, 3.05) is 6.54 Å². The average molecular weight is 153 g/mol. The Morgan fingerprint density at radius 1 is 1.70 bits per heavy atom. The van der Waals surface area contributed by atoms with Gasteiger partial charge in [-0.1, -0.05) is 24.8 Å². The summed E-state index contributed by atoms with van der Waals surface area (Å²) in [5.41, 5.74) is 1.49. The number of allylic oxidation sites excluding steroid dienone is 1. The van der Waals surface area contributed by atoms with Gasteiger partial charge in [0.1, 0.15) is 0 Å². The van der Waals surface area contributed by atoms with Crippen molar-refractivity contribution in [3.05, 3.63) is 22.2 Å². The molecule has 0 amide bonds. The molecule has 0 atom stereocenters. The molecule has 1 nitrogen and oxygen atoms in total. The van der Waals surface area contributed by atoms with Gasteiger partial charge in [0.05, 0.1) is 5.03 Å². The Bertz CT molecular complexity index is 205. The SMILES string of the molecule is CCC1=CSC2=CCCN12. The molecule has 0 aromatic heterocycles. The molecule has 0 fully saturated rings. The van der Waals surface area contributed by atoms with Gasteiger partial charge >= 0.3 is 0 Å². The summed E-state index contributed by atoms with van der Waals surface area (Å²) >= 11 is 1.87. The maximum absolute atomic E-state index is 2.42. The molecule has 0 saturated heterocycles. The number of hydrogen-bond acceptors (Lipinski definition) is 2. The van der Waals surface area contributed by atoms with Gasteiger partial charge in [-0.2, -0.15) is 0 Å². The predicted octanol–water partition coefficient (Wildman–Crippen LogP) is 2.53. The molecular weight excluding hydrogens is 142 g/mol. The van der Waals surface area contributed by atoms with E-state index >= 15 is 0 Å². The summed E-state index contributed by atoms with van der Waals surface area (Å²) in [6.07, 6.45) is 4.73. The predicted molar refractivity (Wildman–Crippen MR) is 45.4 cm³/mol. The van der Waals surface area contributed by atoms with E-state index in [9.17, 15) is 0 Å². The zero-order chi connectivity index (χ0) is 6.97. The Hall–Kier alpha value is -0.370. The number of nitrogens with zero attached hydrogens (tertiary/aromatic N) is 1. The molecule has 0 aromatic rings. The molecule has 2 rings (SSSR count). The molecular formula is C8H11NS. The van der Waals surface area contributed by atoms with Crippen LogP contribution in [0.2, 0.25) is 0 Å². The number of hydrogen-bond donors (Lipinski definition) is 0. The van der Waals surface area contributed by atoms with Gasteiger partial charge in [0, 0.05) is 12.2 Å². The first-order valence-corrected chi connectivity index (χ1v) is 4.63. The van der Waals surface area contributed by atoms with Gasteiger partial charge in [0.2, 0.25) is 0 Å². The Morgan fingerprint density at radius 3 is 3.40 bits per heavy atom. The van der Waals surface area contributed by atoms with Crippen molar-refractivity contribution in [3.8, 4) is 0 Å². The first-order valence-electron chi connectivity index (χ1n) is 3.75. The topological polar surface area (TPSA) is 3.24 Å². The summed E-state index contributed by atoms with van der Waals surface area (Å²) in [4.78, 5) is 2.42. The fourth-order valence-corrected chi connectivity index (χ4v) is 2.50. The van der Waals surface area contributed by atoms with Gasteiger partial charge in [-0.3, -0.25) is 0 Å². The molecule has 0 spiro atoms. The van der Waals surface area contributed by atoms with E-state index in [1.54, 1.807) is 0 Å². The molecule has 0 saturated carbocycles. The molecule has 0 unspecified atom stereocenters. The summed E-state index contributed by atoms with van der Waals surface area (Å²) in [6, 6.07) is 0. The summed E-state index contributed by atoms with van der Waals surface area (Å²) in [5, 5.41) is 3.72. The van der Waals surface area contributed by atoms with E-state index in [1.807, 2.05) is 11.8 Å². The maximum atomic E-state index is 2.42. The van der Waals surface area contributed by atoms with E-state index in [1.165, 1.54) is 30.1 Å². The van der Waals surface area contributed by atoms with Crippen LogP contribution in [-0.2, 0) is 0 Å². The lowest BCUT2D eigenvalue weighted by Crippen LogP contribution is -2.12. The second-order valence-corrected chi connectivity index (χ2v) is 3.45. The molecule has 2 heteroatoms. The van der Waals surface area contributed by atoms with Crippen LogP contribution in [0.25, 0.3) is 0 Å². The van der Waals surface area contributed by atoms with Crippen LogP contribution in [0, 0.1) is 0 Å². The van der Waals surface area contributed by atoms with Crippen molar-refractivity contribution in [1.82, 2.24) is 4.90 Å². The van der Waals surface area contributed by atoms with Crippen molar-refractivity contribution < 1.29 is 0 Å². The minimum atomic E-state index is 1.17. The molecule has 0 N–H and O–H groups in total. The minimum Gasteiger partial charge on any atom is -0.339 e. The Labute approximate surface area is 65.8 Å². The fraction of sp³-hybridized carbons (Fsp3) is 0.500. The van der Waals surface area contributed by atoms with E-state index in [4.69, 9.17) is 0 Å². The normalized spacial score (nSPS) is 22.7. The monoisotopic (exact) mass is 153 g/mol. The highest BCUT2D eigenvalue weighted by molar-refractivity contribution is 8.06. The first-order chi connectivity index (χ1) is 4.92. The summed E-state index contributed by atoms with van der Waals surface area (Å²) in [7, 11) is 0. The highest BCUT2D eigenvalue weighted by Crippen LogP contribution is 2.38. The zero-order valence-electron chi connectivity index (χ0n) is 6.13. The van der Waals surface area contributed by atoms with Crippen molar-refractivity contribution in [2.24, 2.45) is 0 Å². The van der Waals surface area contributed by atoms with Crippen LogP contribution >= 0.6 is 11.8 Å². The van der Waals surface area contributed by atoms with E-state index < -0.39 is 0 Å². The Kier molecular flexibility index (Phi) is 1.49. The van der Waals surface area contributed by atoms with Crippen molar-refractivity contribution in [2.45, 2.75) is 19.8 Å². The van der Waals surface area contributed by atoms with Crippen LogP contribution in [0.3, 0.4) is 0 Å². The molecule has 2 aliphatic heterocycles. The molecule has 0 aromatic carbocycles. The fourth-order valence-electron chi connectivity index (χ4n) is 1.40. The molecule has 0 radical (unpaired) electrons. The molecule has 2 heterocycles. The zero-order valence-corrected chi connectivity index (χ0v) is 6.95. The Morgan fingerprint density at radius 2 is 2.60 bits per heavy atom. The van der Waals surface area contributed by atoms with Crippen LogP contribution in [0.4, 0.5) is 0 Å². The lowest BCUT2D eigenvalue weighted by Gasteiger charge is -2.16. The molecule has 10 heavy (non-hydrogen) atoms. The third-order valence-electron chi connectivity index (χ3n) is 1.96. The smallest absolute Gasteiger partial charge is 0.0753 e. The van der Waals surface area contributed by atoms with E-state index in [0.29, 0.717) is 0 Å². The van der Waals surface area contributed by atoms with Crippen LogP contribution in [-0.4, -0.2) is 11.4 Å². The number of thioether (sulfide) groups is 1. The van der Waals surface area contributed by atoms with Gasteiger partial charge in [-0.25, -0.2) is 0 Å². The lowest BCUT2D eigenvalue weighted by molar-refractivity contribution is 0.485. The second kappa shape index (κ2) is 2.35. The van der Waals surface area contributed by atoms with Crippen LogP contribution < -0.4 is 0 Å². The molecule has 0 aliphatic carbocycles. The van der Waals surface area contributed by atoms with Crippen LogP contribution in [0.5, 0.6) is 0 Å². The van der Waals surface area contributed by atoms with Crippen LogP contribution in [0.1, 0.15) is 19.8 Å². The van der Waals surface area contributed by atoms with E-state index in [-0.39, 0.29) is 0 Å². The van der Waals surface area contributed by atoms with Crippen LogP contribution in [0.15, 0.2) is 22.2 Å². The van der Waals surface area contributed by atoms with Gasteiger partial charge in [0.25, 0.3) is 0 Å². The van der Waals surface area contributed by atoms with Crippen molar-refractivity contribution >= 4 is 11.8 Å². The minimum absolute atomic E-state index is 1.17. The Balaban J connectivity index is 2.20. The van der Waals surface area contributed by atoms with Crippen molar-refractivity contribution in [1.29, 1.82) is 0 Å². The number of fused-ring (bicyclic) bond motifs is 1. The quantitative estimate of drug-likeness (QED) is 0.569. The van der Waals surface area contributed by atoms with Gasteiger partial charge in [-0.05, 0) is 18.2 Å². The molecule has 0 bridgehead atoms. The van der Waals surface area contributed by atoms with Gasteiger partial charge in [0.15, 0.2) is 0 Å². The molecule has 54 valence electrons. The average Bonchev–Trinajstić information content (AvgIpc) is 2.44. The maximum Gasteiger partial charge on any atom is 0.0753 e. The van der Waals surface area contributed by atoms with E-state index in [0.717, 1.165) is 0 Å². The highest BCUT2D eigenvalue weighted by atomic mass is 32.2. The molecule has 2 aliphatic rings. The highest BCUT2D eigenvalue weighted by Gasteiger charge is 2.22. The third kappa shape index (κ3) is 0.788. The van der Waals surface area contributed by atoms with E-state index in [2.05, 4.69) is 23.3 Å². The summed E-state index contributed by atoms with van der Waals surface area (Å²) in [6.45, 7) is 3.43. The largest absolute Gasteiger partial charge is 0.339 e. The lowest BCUT2D eigenvalue weighted by atomic mass is 10.3. The van der Waals surface area contributed by atoms with Gasteiger partial charge < -0.3 is 4.90 Å². The summed E-state index contributed by atoms with van der Waals surface area (Å²) < 4.78 is 0. The third-order valence-corrected chi connectivity index (χ3v) is 2.98. The number of rotatable bonds is 1. The standard InChI is InChI=1S/C8H11NS/c1-2-7-6-10-8-4-3-5-9(7)8/h4,6H,2-3,5H2,1H3.